The van der Waals surface area contributed by atoms with Gasteiger partial charge in [0.15, 0.2) is 0 Å². The van der Waals surface area contributed by atoms with Gasteiger partial charge in [-0.2, -0.15) is 0 Å². The first-order valence-corrected chi connectivity index (χ1v) is 7.68. The van der Waals surface area contributed by atoms with Crippen LogP contribution in [-0.2, 0) is 41.5 Å². The summed E-state index contributed by atoms with van der Waals surface area (Å²) in [5.41, 5.74) is 0. The average molecular weight is 260 g/mol. The first-order valence-electron chi connectivity index (χ1n) is 5.13. The first-order chi connectivity index (χ1) is 7.24. The summed E-state index contributed by atoms with van der Waals surface area (Å²) in [7, 11) is 0. The van der Waals surface area contributed by atoms with Crippen molar-refractivity contribution < 1.29 is 41.5 Å². The second-order valence-corrected chi connectivity index (χ2v) is 5.33. The van der Waals surface area contributed by atoms with Gasteiger partial charge in [0.2, 0.25) is 0 Å². The van der Waals surface area contributed by atoms with Crippen LogP contribution in [0.3, 0.4) is 0 Å². The topological polar surface area (TPSA) is 55.4 Å². The SMILES string of the molecule is CCO[O][Ti]([O]CC)([O]CC)[O]OCC. The molecular weight excluding hydrogens is 240 g/mol. The van der Waals surface area contributed by atoms with E-state index in [1.54, 1.807) is 13.8 Å². The molecule has 6 nitrogen and oxygen atoms in total. The second kappa shape index (κ2) is 9.68. The van der Waals surface area contributed by atoms with Crippen molar-refractivity contribution in [2.75, 3.05) is 26.4 Å². The van der Waals surface area contributed by atoms with Crippen molar-refractivity contribution in [3.63, 3.8) is 0 Å². The minimum absolute atomic E-state index is 0.392. The van der Waals surface area contributed by atoms with Crippen LogP contribution in [0.1, 0.15) is 27.7 Å². The first kappa shape index (κ1) is 15.5. The summed E-state index contributed by atoms with van der Waals surface area (Å²) < 4.78 is 20.8. The molecule has 0 N–H and O–H groups in total. The van der Waals surface area contributed by atoms with E-state index in [0.29, 0.717) is 26.4 Å². The molecule has 0 aliphatic rings. The Kier molecular flexibility index (Phi) is 9.99. The van der Waals surface area contributed by atoms with Crippen molar-refractivity contribution in [3.8, 4) is 0 Å². The molecule has 0 saturated heterocycles. The molecule has 0 aromatic carbocycles. The van der Waals surface area contributed by atoms with Crippen LogP contribution in [-0.4, -0.2) is 26.4 Å². The standard InChI is InChI=1S/2C2H6O2.2C2H5O.Ti/c2*1-2-4-3;2*1-2-3;/h2*3H,2H2,1H3;2*2H2,1H3;/q;;2*-1;+4/p-2. The van der Waals surface area contributed by atoms with Crippen molar-refractivity contribution in [3.05, 3.63) is 0 Å². The Labute approximate surface area is 95.9 Å². The molecule has 0 aromatic rings. The predicted octanol–water partition coefficient (Wildman–Crippen LogP) is 1.81. The van der Waals surface area contributed by atoms with Crippen LogP contribution in [0.15, 0.2) is 0 Å². The number of hydrogen-bond acceptors (Lipinski definition) is 6. The normalized spacial score (nSPS) is 12.0. The Morgan fingerprint density at radius 1 is 0.667 bits per heavy atom. The summed E-state index contributed by atoms with van der Waals surface area (Å²) in [6.07, 6.45) is 0. The van der Waals surface area contributed by atoms with Gasteiger partial charge in [0.1, 0.15) is 0 Å². The fraction of sp³-hybridized carbons (Fsp3) is 1.00. The molecule has 0 spiro atoms. The van der Waals surface area contributed by atoms with E-state index in [4.69, 9.17) is 23.4 Å². The van der Waals surface area contributed by atoms with Gasteiger partial charge in [-0.05, 0) is 0 Å². The Hall–Kier alpha value is 0.474. The van der Waals surface area contributed by atoms with Gasteiger partial charge in [-0.15, -0.1) is 0 Å². The van der Waals surface area contributed by atoms with Gasteiger partial charge in [0.25, 0.3) is 0 Å². The molecule has 0 saturated carbocycles. The average Bonchev–Trinajstić information content (AvgIpc) is 2.24. The monoisotopic (exact) mass is 260 g/mol. The fourth-order valence-electron chi connectivity index (χ4n) is 0.768. The van der Waals surface area contributed by atoms with Crippen LogP contribution in [0, 0.1) is 0 Å². The molecule has 0 aliphatic carbocycles. The summed E-state index contributed by atoms with van der Waals surface area (Å²) >= 11 is -3.82. The molecular formula is C8H20O6Ti. The van der Waals surface area contributed by atoms with E-state index >= 15 is 0 Å². The van der Waals surface area contributed by atoms with E-state index in [2.05, 4.69) is 0 Å². The van der Waals surface area contributed by atoms with Gasteiger partial charge in [-0.3, -0.25) is 0 Å². The zero-order valence-corrected chi connectivity index (χ0v) is 11.3. The molecule has 92 valence electrons. The fourth-order valence-corrected chi connectivity index (χ4v) is 3.16. The van der Waals surface area contributed by atoms with Crippen LogP contribution in [0.4, 0.5) is 0 Å². The van der Waals surface area contributed by atoms with E-state index in [-0.39, 0.29) is 0 Å². The molecule has 0 bridgehead atoms. The second-order valence-electron chi connectivity index (χ2n) is 2.35. The number of rotatable bonds is 10. The molecule has 15 heavy (non-hydrogen) atoms. The van der Waals surface area contributed by atoms with Gasteiger partial charge in [-0.25, -0.2) is 0 Å². The molecule has 0 atom stereocenters. The molecule has 0 aliphatic heterocycles. The summed E-state index contributed by atoms with van der Waals surface area (Å²) in [4.78, 5) is 9.66. The van der Waals surface area contributed by atoms with Gasteiger partial charge in [0, 0.05) is 0 Å². The molecule has 0 fully saturated rings. The molecule has 7 heteroatoms. The van der Waals surface area contributed by atoms with Gasteiger partial charge in [-0.1, -0.05) is 0 Å². The minimum atomic E-state index is -3.82. The van der Waals surface area contributed by atoms with E-state index in [1.165, 1.54) is 0 Å². The molecule has 0 radical (unpaired) electrons. The predicted molar refractivity (Wildman–Crippen MR) is 48.7 cm³/mol. The third-order valence-electron chi connectivity index (χ3n) is 1.20. The number of hydrogen-bond donors (Lipinski definition) is 0. The maximum absolute atomic E-state index is 5.35. The van der Waals surface area contributed by atoms with Gasteiger partial charge in [0.05, 0.1) is 0 Å². The van der Waals surface area contributed by atoms with Crippen molar-refractivity contribution in [1.29, 1.82) is 0 Å². The van der Waals surface area contributed by atoms with E-state index in [0.717, 1.165) is 0 Å². The Bertz CT molecular complexity index is 129. The van der Waals surface area contributed by atoms with Crippen LogP contribution in [0.25, 0.3) is 0 Å². The zero-order valence-electron chi connectivity index (χ0n) is 9.78. The van der Waals surface area contributed by atoms with E-state index < -0.39 is 18.1 Å². The zero-order chi connectivity index (χ0) is 11.6. The van der Waals surface area contributed by atoms with Crippen molar-refractivity contribution in [2.24, 2.45) is 0 Å². The van der Waals surface area contributed by atoms with E-state index in [1.807, 2.05) is 13.8 Å². The van der Waals surface area contributed by atoms with Crippen LogP contribution < -0.4 is 0 Å². The Balaban J connectivity index is 4.26. The summed E-state index contributed by atoms with van der Waals surface area (Å²) in [5.74, 6) is 0. The summed E-state index contributed by atoms with van der Waals surface area (Å²) in [5, 5.41) is 0. The molecule has 0 rings (SSSR count). The van der Waals surface area contributed by atoms with Crippen LogP contribution in [0.2, 0.25) is 0 Å². The van der Waals surface area contributed by atoms with Crippen molar-refractivity contribution in [1.82, 2.24) is 0 Å². The van der Waals surface area contributed by atoms with Crippen molar-refractivity contribution >= 4 is 0 Å². The maximum atomic E-state index is 5.35. The molecule has 0 amide bonds. The quantitative estimate of drug-likeness (QED) is 0.339. The Morgan fingerprint density at radius 3 is 1.33 bits per heavy atom. The van der Waals surface area contributed by atoms with Crippen molar-refractivity contribution in [2.45, 2.75) is 27.7 Å². The Morgan fingerprint density at radius 2 is 1.07 bits per heavy atom. The summed E-state index contributed by atoms with van der Waals surface area (Å²) in [6, 6.07) is 0. The molecule has 0 aromatic heterocycles. The molecule has 0 unspecified atom stereocenters. The third kappa shape index (κ3) is 6.60. The van der Waals surface area contributed by atoms with Gasteiger partial charge < -0.3 is 0 Å². The third-order valence-corrected chi connectivity index (χ3v) is 4.21. The van der Waals surface area contributed by atoms with Crippen LogP contribution in [0.5, 0.6) is 0 Å². The summed E-state index contributed by atoms with van der Waals surface area (Å²) in [6.45, 7) is 8.86. The van der Waals surface area contributed by atoms with Gasteiger partial charge >= 0.3 is 95.6 Å². The van der Waals surface area contributed by atoms with Crippen LogP contribution >= 0.6 is 0 Å². The van der Waals surface area contributed by atoms with E-state index in [9.17, 15) is 0 Å². The molecule has 0 heterocycles.